The lowest BCUT2D eigenvalue weighted by Gasteiger charge is -2.16. The van der Waals surface area contributed by atoms with Crippen LogP contribution in [0.5, 0.6) is 11.5 Å². The van der Waals surface area contributed by atoms with Crippen molar-refractivity contribution >= 4 is 40.3 Å². The van der Waals surface area contributed by atoms with Crippen LogP contribution in [0.1, 0.15) is 37.5 Å². The van der Waals surface area contributed by atoms with Crippen molar-refractivity contribution in [2.24, 2.45) is 4.99 Å². The highest BCUT2D eigenvalue weighted by Crippen LogP contribution is 2.38. The second-order valence-corrected chi connectivity index (χ2v) is 8.85. The molecule has 0 spiro atoms. The number of nitrogens with zero attached hydrogens (tertiary/aromatic N) is 2. The third-order valence-electron chi connectivity index (χ3n) is 5.56. The van der Waals surface area contributed by atoms with E-state index in [1.165, 1.54) is 22.9 Å². The first kappa shape index (κ1) is 23.6. The largest absolute Gasteiger partial charge is 0.504 e. The average Bonchev–Trinajstić information content (AvgIpc) is 3.16. The Balaban J connectivity index is 1.73. The van der Waals surface area contributed by atoms with E-state index in [9.17, 15) is 9.90 Å². The molecule has 1 saturated heterocycles. The normalized spacial score (nSPS) is 16.0. The highest BCUT2D eigenvalue weighted by Gasteiger charge is 2.34. The molecule has 0 radical (unpaired) electrons. The topological polar surface area (TPSA) is 62.1 Å². The monoisotopic (exact) mass is 472 g/mol. The standard InChI is InChI=1S/C28H28N2O3S/c1-4-19-7-12-22(13-8-19)29-28-30(23-14-9-20(5-2)10-15-23)27(32)26(34-28)18-21-11-16-24(31)25(17-21)33-6-3/h7-18,31H,4-6H2,1-3H3/b26-18-,29-28?. The van der Waals surface area contributed by atoms with E-state index in [1.807, 2.05) is 49.4 Å². The van der Waals surface area contributed by atoms with Gasteiger partial charge in [-0.1, -0.05) is 44.2 Å². The Hall–Kier alpha value is -3.51. The molecule has 3 aromatic carbocycles. The Morgan fingerprint density at radius 1 is 0.941 bits per heavy atom. The molecule has 1 fully saturated rings. The Bertz CT molecular complexity index is 1230. The van der Waals surface area contributed by atoms with Crippen molar-refractivity contribution in [3.63, 3.8) is 0 Å². The predicted octanol–water partition coefficient (Wildman–Crippen LogP) is 6.72. The molecule has 6 heteroatoms. The van der Waals surface area contributed by atoms with Gasteiger partial charge in [-0.15, -0.1) is 0 Å². The van der Waals surface area contributed by atoms with Crippen LogP contribution in [0.25, 0.3) is 6.08 Å². The van der Waals surface area contributed by atoms with Gasteiger partial charge in [0, 0.05) is 0 Å². The van der Waals surface area contributed by atoms with Crippen molar-refractivity contribution in [2.75, 3.05) is 11.5 Å². The molecule has 1 aliphatic heterocycles. The van der Waals surface area contributed by atoms with Crippen LogP contribution in [0.2, 0.25) is 0 Å². The Morgan fingerprint density at radius 3 is 2.21 bits per heavy atom. The number of thioether (sulfide) groups is 1. The summed E-state index contributed by atoms with van der Waals surface area (Å²) in [7, 11) is 0. The molecule has 1 N–H and O–H groups in total. The van der Waals surface area contributed by atoms with Crippen LogP contribution >= 0.6 is 11.8 Å². The van der Waals surface area contributed by atoms with Crippen LogP contribution in [0.3, 0.4) is 0 Å². The minimum absolute atomic E-state index is 0.0739. The van der Waals surface area contributed by atoms with E-state index in [-0.39, 0.29) is 11.7 Å². The number of aliphatic imine (C=N–C) groups is 1. The summed E-state index contributed by atoms with van der Waals surface area (Å²) in [5.41, 5.74) is 4.80. The fraction of sp³-hybridized carbons (Fsp3) is 0.214. The van der Waals surface area contributed by atoms with Gasteiger partial charge in [-0.25, -0.2) is 4.99 Å². The molecule has 0 saturated carbocycles. The lowest BCUT2D eigenvalue weighted by atomic mass is 10.1. The molecular formula is C28H28N2O3S. The number of hydrogen-bond acceptors (Lipinski definition) is 5. The van der Waals surface area contributed by atoms with E-state index < -0.39 is 0 Å². The van der Waals surface area contributed by atoms with Gasteiger partial charge in [0.2, 0.25) is 0 Å². The first-order valence-electron chi connectivity index (χ1n) is 11.5. The van der Waals surface area contributed by atoms with Crippen LogP contribution in [0.15, 0.2) is 76.6 Å². The van der Waals surface area contributed by atoms with Crippen LogP contribution < -0.4 is 9.64 Å². The molecule has 3 aromatic rings. The summed E-state index contributed by atoms with van der Waals surface area (Å²) in [4.78, 5) is 20.5. The number of aryl methyl sites for hydroxylation is 2. The quantitative estimate of drug-likeness (QED) is 0.388. The molecule has 4 rings (SSSR count). The van der Waals surface area contributed by atoms with E-state index in [0.29, 0.717) is 22.4 Å². The number of phenolic OH excluding ortho intramolecular Hbond substituents is 1. The number of anilines is 1. The van der Waals surface area contributed by atoms with Gasteiger partial charge in [-0.05, 0) is 90.7 Å². The number of rotatable bonds is 7. The fourth-order valence-electron chi connectivity index (χ4n) is 3.62. The summed E-state index contributed by atoms with van der Waals surface area (Å²) in [6.45, 7) is 6.52. The van der Waals surface area contributed by atoms with Gasteiger partial charge in [0.05, 0.1) is 22.9 Å². The molecule has 0 aromatic heterocycles. The van der Waals surface area contributed by atoms with Crippen molar-refractivity contribution < 1.29 is 14.6 Å². The predicted molar refractivity (Wildman–Crippen MR) is 141 cm³/mol. The number of carbonyl (C=O) groups excluding carboxylic acids is 1. The minimum Gasteiger partial charge on any atom is -0.504 e. The highest BCUT2D eigenvalue weighted by atomic mass is 32.2. The number of ether oxygens (including phenoxy) is 1. The zero-order chi connectivity index (χ0) is 24.1. The number of hydrogen-bond donors (Lipinski definition) is 1. The number of benzene rings is 3. The third kappa shape index (κ3) is 5.18. The SMILES string of the molecule is CCOc1cc(/C=C2\SC(=Nc3ccc(CC)cc3)N(c3ccc(CC)cc3)C2=O)ccc1O. The molecule has 1 aliphatic rings. The van der Waals surface area contributed by atoms with Crippen LogP contribution in [-0.4, -0.2) is 22.8 Å². The second kappa shape index (κ2) is 10.6. The zero-order valence-electron chi connectivity index (χ0n) is 19.6. The molecule has 0 bridgehead atoms. The van der Waals surface area contributed by atoms with Crippen molar-refractivity contribution in [3.05, 3.63) is 88.3 Å². The van der Waals surface area contributed by atoms with Gasteiger partial charge in [0.1, 0.15) is 0 Å². The summed E-state index contributed by atoms with van der Waals surface area (Å²) in [5, 5.41) is 10.6. The van der Waals surface area contributed by atoms with Gasteiger partial charge in [-0.2, -0.15) is 0 Å². The maximum atomic E-state index is 13.5. The molecule has 34 heavy (non-hydrogen) atoms. The molecule has 1 amide bonds. The van der Waals surface area contributed by atoms with Crippen molar-refractivity contribution in [3.8, 4) is 11.5 Å². The Morgan fingerprint density at radius 2 is 1.59 bits per heavy atom. The zero-order valence-corrected chi connectivity index (χ0v) is 20.4. The maximum Gasteiger partial charge on any atom is 0.271 e. The third-order valence-corrected chi connectivity index (χ3v) is 6.53. The summed E-state index contributed by atoms with van der Waals surface area (Å²) in [6.07, 6.45) is 3.70. The molecule has 0 unspecified atom stereocenters. The summed E-state index contributed by atoms with van der Waals surface area (Å²) in [6, 6.07) is 21.1. The van der Waals surface area contributed by atoms with Gasteiger partial charge in [0.15, 0.2) is 16.7 Å². The molecule has 5 nitrogen and oxygen atoms in total. The van der Waals surface area contributed by atoms with Crippen molar-refractivity contribution in [1.82, 2.24) is 0 Å². The Kier molecular flexibility index (Phi) is 7.38. The summed E-state index contributed by atoms with van der Waals surface area (Å²) >= 11 is 1.34. The smallest absolute Gasteiger partial charge is 0.271 e. The first-order chi connectivity index (χ1) is 16.5. The lowest BCUT2D eigenvalue weighted by Crippen LogP contribution is -2.28. The second-order valence-electron chi connectivity index (χ2n) is 7.85. The number of aromatic hydroxyl groups is 1. The molecule has 1 heterocycles. The average molecular weight is 473 g/mol. The molecule has 174 valence electrons. The number of carbonyl (C=O) groups is 1. The fourth-order valence-corrected chi connectivity index (χ4v) is 4.62. The number of amides is 1. The summed E-state index contributed by atoms with van der Waals surface area (Å²) < 4.78 is 5.49. The summed E-state index contributed by atoms with van der Waals surface area (Å²) in [5.74, 6) is 0.332. The first-order valence-corrected chi connectivity index (χ1v) is 12.3. The van der Waals surface area contributed by atoms with E-state index in [0.717, 1.165) is 29.8 Å². The van der Waals surface area contributed by atoms with Crippen LogP contribution in [0.4, 0.5) is 11.4 Å². The van der Waals surface area contributed by atoms with E-state index in [2.05, 4.69) is 26.0 Å². The van der Waals surface area contributed by atoms with E-state index in [1.54, 1.807) is 23.1 Å². The van der Waals surface area contributed by atoms with Crippen LogP contribution in [-0.2, 0) is 17.6 Å². The van der Waals surface area contributed by atoms with Crippen molar-refractivity contribution in [1.29, 1.82) is 0 Å². The van der Waals surface area contributed by atoms with Gasteiger partial charge >= 0.3 is 0 Å². The van der Waals surface area contributed by atoms with Gasteiger partial charge < -0.3 is 9.84 Å². The lowest BCUT2D eigenvalue weighted by molar-refractivity contribution is -0.113. The molecule has 0 aliphatic carbocycles. The van der Waals surface area contributed by atoms with Crippen molar-refractivity contribution in [2.45, 2.75) is 33.6 Å². The van der Waals surface area contributed by atoms with Gasteiger partial charge in [-0.3, -0.25) is 9.69 Å². The van der Waals surface area contributed by atoms with Gasteiger partial charge in [0.25, 0.3) is 5.91 Å². The molecular weight excluding hydrogens is 444 g/mol. The van der Waals surface area contributed by atoms with E-state index in [4.69, 9.17) is 9.73 Å². The maximum absolute atomic E-state index is 13.5. The number of phenols is 1. The molecule has 0 atom stereocenters. The highest BCUT2D eigenvalue weighted by molar-refractivity contribution is 8.19. The minimum atomic E-state index is -0.135. The van der Waals surface area contributed by atoms with E-state index >= 15 is 0 Å². The van der Waals surface area contributed by atoms with Crippen LogP contribution in [0, 0.1) is 0 Å². The number of amidine groups is 1. The Labute approximate surface area is 204 Å².